The molecule has 0 bridgehead atoms. The van der Waals surface area contributed by atoms with Gasteiger partial charge in [-0.3, -0.25) is 4.79 Å². The Morgan fingerprint density at radius 1 is 1.44 bits per heavy atom. The average molecular weight is 220 g/mol. The van der Waals surface area contributed by atoms with E-state index in [1.165, 1.54) is 24.3 Å². The monoisotopic (exact) mass is 220 g/mol. The first-order chi connectivity index (χ1) is 7.67. The second-order valence-corrected chi connectivity index (χ2v) is 3.02. The van der Waals surface area contributed by atoms with Gasteiger partial charge in [-0.15, -0.1) is 0 Å². The van der Waals surface area contributed by atoms with Crippen LogP contribution < -0.4 is 0 Å². The minimum absolute atomic E-state index is 0.00962. The molecule has 0 amide bonds. The average Bonchev–Trinajstić information content (AvgIpc) is 2.27. The molecule has 0 spiro atoms. The molecule has 1 aromatic carbocycles. The quantitative estimate of drug-likeness (QED) is 0.477. The van der Waals surface area contributed by atoms with E-state index >= 15 is 0 Å². The zero-order valence-electron chi connectivity index (χ0n) is 8.84. The number of phenolic OH excluding ortho intramolecular Hbond substituents is 1. The molecule has 0 atom stereocenters. The second kappa shape index (κ2) is 5.70. The van der Waals surface area contributed by atoms with Crippen LogP contribution in [0.1, 0.15) is 22.8 Å². The van der Waals surface area contributed by atoms with Crippen molar-refractivity contribution < 1.29 is 19.4 Å². The Balaban J connectivity index is 2.88. The number of hydrogen-bond acceptors (Lipinski definition) is 4. The Kier molecular flexibility index (Phi) is 4.27. The summed E-state index contributed by atoms with van der Waals surface area (Å²) in [7, 11) is 0. The van der Waals surface area contributed by atoms with Gasteiger partial charge >= 0.3 is 5.97 Å². The Labute approximate surface area is 93.2 Å². The van der Waals surface area contributed by atoms with Gasteiger partial charge in [-0.1, -0.05) is 6.07 Å². The molecule has 0 aliphatic rings. The van der Waals surface area contributed by atoms with Crippen molar-refractivity contribution in [2.24, 2.45) is 0 Å². The van der Waals surface area contributed by atoms with Crippen LogP contribution in [0.2, 0.25) is 0 Å². The van der Waals surface area contributed by atoms with Gasteiger partial charge in [0.2, 0.25) is 0 Å². The fourth-order valence-corrected chi connectivity index (χ4v) is 1.16. The third-order valence-electron chi connectivity index (χ3n) is 1.88. The molecule has 1 rings (SSSR count). The van der Waals surface area contributed by atoms with E-state index in [2.05, 4.69) is 0 Å². The zero-order chi connectivity index (χ0) is 12.0. The maximum Gasteiger partial charge on any atom is 0.330 e. The number of hydrogen-bond donors (Lipinski definition) is 1. The highest BCUT2D eigenvalue weighted by atomic mass is 16.5. The molecule has 0 saturated carbocycles. The van der Waals surface area contributed by atoms with Crippen LogP contribution in [0.25, 0.3) is 6.08 Å². The molecule has 4 heteroatoms. The zero-order valence-corrected chi connectivity index (χ0v) is 8.84. The van der Waals surface area contributed by atoms with Gasteiger partial charge in [-0.25, -0.2) is 4.79 Å². The molecule has 0 unspecified atom stereocenters. The highest BCUT2D eigenvalue weighted by Crippen LogP contribution is 2.16. The summed E-state index contributed by atoms with van der Waals surface area (Å²) in [5.74, 6) is -0.456. The number of phenols is 1. The smallest absolute Gasteiger partial charge is 0.330 e. The molecule has 4 nitrogen and oxygen atoms in total. The summed E-state index contributed by atoms with van der Waals surface area (Å²) < 4.78 is 4.70. The van der Waals surface area contributed by atoms with Gasteiger partial charge in [0, 0.05) is 11.6 Å². The van der Waals surface area contributed by atoms with Crippen molar-refractivity contribution in [3.8, 4) is 5.75 Å². The summed E-state index contributed by atoms with van der Waals surface area (Å²) >= 11 is 0. The van der Waals surface area contributed by atoms with Crippen molar-refractivity contribution in [2.75, 3.05) is 6.61 Å². The van der Waals surface area contributed by atoms with E-state index in [4.69, 9.17) is 9.84 Å². The Morgan fingerprint density at radius 3 is 2.81 bits per heavy atom. The third kappa shape index (κ3) is 3.24. The van der Waals surface area contributed by atoms with Crippen LogP contribution in [-0.4, -0.2) is 24.0 Å². The van der Waals surface area contributed by atoms with Gasteiger partial charge in [0.25, 0.3) is 0 Å². The van der Waals surface area contributed by atoms with Crippen molar-refractivity contribution >= 4 is 18.3 Å². The SMILES string of the molecule is CCOC(=O)C=Cc1ccc(O)cc1C=O. The first kappa shape index (κ1) is 12.0. The fourth-order valence-electron chi connectivity index (χ4n) is 1.16. The summed E-state index contributed by atoms with van der Waals surface area (Å²) in [6, 6.07) is 4.32. The maximum absolute atomic E-state index is 11.0. The molecule has 0 aliphatic heterocycles. The van der Waals surface area contributed by atoms with Crippen molar-refractivity contribution in [3.63, 3.8) is 0 Å². The van der Waals surface area contributed by atoms with Crippen LogP contribution in [-0.2, 0) is 9.53 Å². The van der Waals surface area contributed by atoms with Gasteiger partial charge in [-0.2, -0.15) is 0 Å². The molecule has 0 radical (unpaired) electrons. The number of rotatable bonds is 4. The lowest BCUT2D eigenvalue weighted by Gasteiger charge is -2.00. The molecule has 0 saturated heterocycles. The van der Waals surface area contributed by atoms with E-state index < -0.39 is 5.97 Å². The van der Waals surface area contributed by atoms with Crippen molar-refractivity contribution in [2.45, 2.75) is 6.92 Å². The standard InChI is InChI=1S/C12H12O4/c1-2-16-12(15)6-4-9-3-5-11(14)7-10(9)8-13/h3-8,14H,2H2,1H3. The van der Waals surface area contributed by atoms with E-state index in [9.17, 15) is 9.59 Å². The molecule has 84 valence electrons. The lowest BCUT2D eigenvalue weighted by atomic mass is 10.1. The normalized spacial score (nSPS) is 10.3. The lowest BCUT2D eigenvalue weighted by molar-refractivity contribution is -0.137. The molecule has 16 heavy (non-hydrogen) atoms. The molecule has 1 N–H and O–H groups in total. The van der Waals surface area contributed by atoms with E-state index in [0.717, 1.165) is 0 Å². The second-order valence-electron chi connectivity index (χ2n) is 3.02. The lowest BCUT2D eigenvalue weighted by Crippen LogP contribution is -1.98. The predicted octanol–water partition coefficient (Wildman–Crippen LogP) is 1.78. The van der Waals surface area contributed by atoms with E-state index in [-0.39, 0.29) is 5.75 Å². The number of carbonyl (C=O) groups is 2. The van der Waals surface area contributed by atoms with Crippen molar-refractivity contribution in [1.29, 1.82) is 0 Å². The van der Waals surface area contributed by atoms with Crippen LogP contribution in [0.3, 0.4) is 0 Å². The molecule has 1 aromatic rings. The molecule has 0 fully saturated rings. The van der Waals surface area contributed by atoms with Gasteiger partial charge in [0.15, 0.2) is 6.29 Å². The predicted molar refractivity (Wildman–Crippen MR) is 59.2 cm³/mol. The minimum Gasteiger partial charge on any atom is -0.508 e. The number of esters is 1. The van der Waals surface area contributed by atoms with E-state index in [1.807, 2.05) is 0 Å². The van der Waals surface area contributed by atoms with Crippen molar-refractivity contribution in [3.05, 3.63) is 35.4 Å². The third-order valence-corrected chi connectivity index (χ3v) is 1.88. The Hall–Kier alpha value is -2.10. The first-order valence-corrected chi connectivity index (χ1v) is 4.80. The highest BCUT2D eigenvalue weighted by Gasteiger charge is 2.01. The van der Waals surface area contributed by atoms with Crippen molar-refractivity contribution in [1.82, 2.24) is 0 Å². The molecule has 0 aromatic heterocycles. The van der Waals surface area contributed by atoms with Crippen LogP contribution in [0.4, 0.5) is 0 Å². The topological polar surface area (TPSA) is 63.6 Å². The summed E-state index contributed by atoms with van der Waals surface area (Å²) in [6.07, 6.45) is 3.33. The number of ether oxygens (including phenoxy) is 1. The summed E-state index contributed by atoms with van der Waals surface area (Å²) in [6.45, 7) is 2.02. The molecular formula is C12H12O4. The number of carbonyl (C=O) groups excluding carboxylic acids is 2. The van der Waals surface area contributed by atoms with Gasteiger partial charge in [0.1, 0.15) is 5.75 Å². The van der Waals surface area contributed by atoms with E-state index in [1.54, 1.807) is 13.0 Å². The number of aromatic hydroxyl groups is 1. The highest BCUT2D eigenvalue weighted by molar-refractivity contribution is 5.90. The number of benzene rings is 1. The summed E-state index contributed by atoms with van der Waals surface area (Å²) in [4.78, 5) is 21.7. The molecule has 0 aliphatic carbocycles. The Bertz CT molecular complexity index is 421. The minimum atomic E-state index is -0.465. The van der Waals surface area contributed by atoms with Crippen LogP contribution in [0.15, 0.2) is 24.3 Å². The van der Waals surface area contributed by atoms with Crippen LogP contribution in [0.5, 0.6) is 5.75 Å². The maximum atomic E-state index is 11.0. The summed E-state index contributed by atoms with van der Waals surface area (Å²) in [5.41, 5.74) is 0.876. The van der Waals surface area contributed by atoms with Crippen LogP contribution in [0, 0.1) is 0 Å². The van der Waals surface area contributed by atoms with Gasteiger partial charge in [0.05, 0.1) is 6.61 Å². The largest absolute Gasteiger partial charge is 0.508 e. The van der Waals surface area contributed by atoms with Gasteiger partial charge < -0.3 is 9.84 Å². The first-order valence-electron chi connectivity index (χ1n) is 4.80. The van der Waals surface area contributed by atoms with Crippen LogP contribution >= 0.6 is 0 Å². The summed E-state index contributed by atoms with van der Waals surface area (Å²) in [5, 5.41) is 9.16. The fraction of sp³-hybridized carbons (Fsp3) is 0.167. The van der Waals surface area contributed by atoms with E-state index in [0.29, 0.717) is 24.0 Å². The molecular weight excluding hydrogens is 208 g/mol. The number of aldehydes is 1. The molecule has 0 heterocycles. The van der Waals surface area contributed by atoms with Gasteiger partial charge in [-0.05, 0) is 30.7 Å². The Morgan fingerprint density at radius 2 is 2.19 bits per heavy atom.